The number of morpholine rings is 1. The van der Waals surface area contributed by atoms with Gasteiger partial charge in [-0.25, -0.2) is 4.79 Å². The molecule has 9 nitrogen and oxygen atoms in total. The molecule has 2 aromatic carbocycles. The maximum atomic E-state index is 12.3. The van der Waals surface area contributed by atoms with Gasteiger partial charge in [0.25, 0.3) is 5.91 Å². The highest BCUT2D eigenvalue weighted by Gasteiger charge is 2.31. The van der Waals surface area contributed by atoms with Gasteiger partial charge in [-0.05, 0) is 48.5 Å². The van der Waals surface area contributed by atoms with Crippen LogP contribution in [0.4, 0.5) is 5.69 Å². The predicted octanol–water partition coefficient (Wildman–Crippen LogP) is 1.93. The van der Waals surface area contributed by atoms with E-state index in [0.717, 1.165) is 0 Å². The summed E-state index contributed by atoms with van der Waals surface area (Å²) in [5.74, 6) is -1.80. The highest BCUT2D eigenvalue weighted by molar-refractivity contribution is 6.30. The number of hydrogen-bond donors (Lipinski definition) is 2. The fraction of sp³-hybridized carbons (Fsp3) is 0.304. The van der Waals surface area contributed by atoms with Crippen molar-refractivity contribution in [2.45, 2.75) is 12.5 Å². The molecule has 33 heavy (non-hydrogen) atoms. The number of Topliss-reactive ketones (excluding diaryl/α,β-unsaturated/α-hetero) is 1. The minimum atomic E-state index is -0.905. The highest BCUT2D eigenvalue weighted by Crippen LogP contribution is 2.15. The fourth-order valence-electron chi connectivity index (χ4n) is 3.18. The van der Waals surface area contributed by atoms with Crippen molar-refractivity contribution in [3.05, 3.63) is 64.7 Å². The summed E-state index contributed by atoms with van der Waals surface area (Å²) in [7, 11) is 0. The number of rotatable bonds is 9. The Hall–Kier alpha value is -3.27. The van der Waals surface area contributed by atoms with Crippen LogP contribution in [0.3, 0.4) is 0 Å². The molecule has 1 unspecified atom stereocenters. The van der Waals surface area contributed by atoms with Gasteiger partial charge in [-0.3, -0.25) is 14.4 Å². The molecule has 0 aromatic heterocycles. The first-order valence-electron chi connectivity index (χ1n) is 10.2. The molecule has 10 heteroatoms. The molecule has 2 amide bonds. The summed E-state index contributed by atoms with van der Waals surface area (Å²) in [6, 6.07) is 12.2. The zero-order valence-corrected chi connectivity index (χ0v) is 18.4. The Bertz CT molecular complexity index is 1010. The molecule has 1 heterocycles. The predicted molar refractivity (Wildman–Crippen MR) is 119 cm³/mol. The number of ether oxygens (including phenoxy) is 2. The van der Waals surface area contributed by atoms with E-state index < -0.39 is 24.6 Å². The first-order valence-corrected chi connectivity index (χ1v) is 10.6. The minimum absolute atomic E-state index is 0.158. The van der Waals surface area contributed by atoms with Crippen LogP contribution in [0.25, 0.3) is 0 Å². The molecule has 2 aromatic rings. The molecular formula is C23H23ClN2O7. The van der Waals surface area contributed by atoms with Gasteiger partial charge in [0.1, 0.15) is 6.10 Å². The van der Waals surface area contributed by atoms with E-state index in [1.165, 1.54) is 29.2 Å². The van der Waals surface area contributed by atoms with Crippen molar-refractivity contribution in [3.63, 3.8) is 0 Å². The quantitative estimate of drug-likeness (QED) is 0.420. The van der Waals surface area contributed by atoms with Crippen LogP contribution in [-0.4, -0.2) is 72.6 Å². The summed E-state index contributed by atoms with van der Waals surface area (Å²) in [6.45, 7) is 0.293. The summed E-state index contributed by atoms with van der Waals surface area (Å²) in [5.41, 5.74) is 1.01. The fourth-order valence-corrected chi connectivity index (χ4v) is 3.31. The zero-order chi connectivity index (χ0) is 23.8. The Morgan fingerprint density at radius 2 is 1.76 bits per heavy atom. The van der Waals surface area contributed by atoms with Gasteiger partial charge in [0.15, 0.2) is 12.4 Å². The second-order valence-corrected chi connectivity index (χ2v) is 7.68. The number of aliphatic hydroxyl groups is 1. The summed E-state index contributed by atoms with van der Waals surface area (Å²) in [6.07, 6.45) is -1.07. The van der Waals surface area contributed by atoms with Crippen LogP contribution in [0.1, 0.15) is 27.1 Å². The minimum Gasteiger partial charge on any atom is -0.454 e. The molecule has 2 N–H and O–H groups in total. The molecule has 3 rings (SSSR count). The van der Waals surface area contributed by atoms with Crippen molar-refractivity contribution in [2.24, 2.45) is 0 Å². The number of carbonyl (C=O) groups is 4. The van der Waals surface area contributed by atoms with E-state index in [9.17, 15) is 19.2 Å². The number of carbonyl (C=O) groups excluding carboxylic acids is 4. The largest absolute Gasteiger partial charge is 0.454 e. The topological polar surface area (TPSA) is 122 Å². The van der Waals surface area contributed by atoms with E-state index in [1.54, 1.807) is 24.3 Å². The van der Waals surface area contributed by atoms with E-state index >= 15 is 0 Å². The summed E-state index contributed by atoms with van der Waals surface area (Å²) in [4.78, 5) is 50.3. The second kappa shape index (κ2) is 11.6. The number of esters is 1. The maximum Gasteiger partial charge on any atom is 0.338 e. The zero-order valence-electron chi connectivity index (χ0n) is 17.7. The highest BCUT2D eigenvalue weighted by atomic mass is 35.5. The number of ketones is 1. The molecule has 1 saturated heterocycles. The van der Waals surface area contributed by atoms with Crippen LogP contribution in [0.2, 0.25) is 5.02 Å². The third-order valence-electron chi connectivity index (χ3n) is 4.91. The van der Waals surface area contributed by atoms with Crippen molar-refractivity contribution in [2.75, 3.05) is 38.2 Å². The number of nitrogens with one attached hydrogen (secondary N) is 1. The summed E-state index contributed by atoms with van der Waals surface area (Å²) >= 11 is 5.79. The lowest BCUT2D eigenvalue weighted by molar-refractivity contribution is -0.155. The lowest BCUT2D eigenvalue weighted by Crippen LogP contribution is -2.49. The smallest absolute Gasteiger partial charge is 0.338 e. The van der Waals surface area contributed by atoms with Gasteiger partial charge in [-0.1, -0.05) is 11.6 Å². The number of aliphatic hydroxyl groups excluding tert-OH is 1. The SMILES string of the molecule is O=C(CC1OCCN(CCO)C1=O)Nc1ccc(C(=O)OCC(=O)c2ccc(Cl)cc2)cc1. The van der Waals surface area contributed by atoms with Gasteiger partial charge in [0, 0.05) is 29.4 Å². The lowest BCUT2D eigenvalue weighted by atomic mass is 10.1. The molecule has 1 fully saturated rings. The average Bonchev–Trinajstić information content (AvgIpc) is 2.81. The molecule has 1 aliphatic heterocycles. The van der Waals surface area contributed by atoms with E-state index in [0.29, 0.717) is 29.4 Å². The third-order valence-corrected chi connectivity index (χ3v) is 5.16. The molecule has 174 valence electrons. The normalized spacial score (nSPS) is 15.8. The number of β-amino-alcohol motifs (C(OH)–C–C–N with tert-alkyl or cyclic N) is 1. The number of anilines is 1. The number of amides is 2. The van der Waals surface area contributed by atoms with Crippen LogP contribution in [0.5, 0.6) is 0 Å². The van der Waals surface area contributed by atoms with Gasteiger partial charge in [0.05, 0.1) is 25.2 Å². The van der Waals surface area contributed by atoms with Crippen LogP contribution < -0.4 is 5.32 Å². The lowest BCUT2D eigenvalue weighted by Gasteiger charge is -2.31. The Morgan fingerprint density at radius 3 is 2.42 bits per heavy atom. The molecule has 1 atom stereocenters. The number of hydrogen-bond acceptors (Lipinski definition) is 7. The molecule has 0 aliphatic carbocycles. The third kappa shape index (κ3) is 6.85. The van der Waals surface area contributed by atoms with Crippen molar-refractivity contribution in [1.29, 1.82) is 0 Å². The molecule has 0 saturated carbocycles. The van der Waals surface area contributed by atoms with Crippen molar-refractivity contribution < 1.29 is 33.8 Å². The Morgan fingerprint density at radius 1 is 1.09 bits per heavy atom. The summed E-state index contributed by atoms with van der Waals surface area (Å²) in [5, 5.41) is 12.2. The van der Waals surface area contributed by atoms with Gasteiger partial charge >= 0.3 is 5.97 Å². The van der Waals surface area contributed by atoms with E-state index in [4.69, 9.17) is 26.2 Å². The van der Waals surface area contributed by atoms with Crippen LogP contribution in [0.15, 0.2) is 48.5 Å². The first kappa shape index (κ1) is 24.4. The van der Waals surface area contributed by atoms with Crippen LogP contribution in [-0.2, 0) is 19.1 Å². The molecule has 0 bridgehead atoms. The first-order chi connectivity index (χ1) is 15.9. The molecule has 1 aliphatic rings. The number of halogens is 1. The van der Waals surface area contributed by atoms with Crippen molar-refractivity contribution in [1.82, 2.24) is 4.90 Å². The maximum absolute atomic E-state index is 12.3. The molecule has 0 radical (unpaired) electrons. The molecule has 0 spiro atoms. The van der Waals surface area contributed by atoms with Crippen molar-refractivity contribution >= 4 is 40.9 Å². The standard InChI is InChI=1S/C23H23ClN2O7/c24-17-5-1-15(2-6-17)19(28)14-33-23(31)16-3-7-18(8-4-16)25-21(29)13-20-22(30)26(9-11-27)10-12-32-20/h1-8,20,27H,9-14H2,(H,25,29). The van der Waals surface area contributed by atoms with Gasteiger partial charge < -0.3 is 24.8 Å². The van der Waals surface area contributed by atoms with E-state index in [1.807, 2.05) is 0 Å². The Kier molecular flexibility index (Phi) is 8.53. The average molecular weight is 475 g/mol. The monoisotopic (exact) mass is 474 g/mol. The number of benzene rings is 2. The molecular weight excluding hydrogens is 452 g/mol. The van der Waals surface area contributed by atoms with Crippen LogP contribution in [0, 0.1) is 0 Å². The Balaban J connectivity index is 1.48. The van der Waals surface area contributed by atoms with E-state index in [-0.39, 0.29) is 36.8 Å². The van der Waals surface area contributed by atoms with Crippen LogP contribution >= 0.6 is 11.6 Å². The second-order valence-electron chi connectivity index (χ2n) is 7.24. The van der Waals surface area contributed by atoms with Crippen molar-refractivity contribution in [3.8, 4) is 0 Å². The van der Waals surface area contributed by atoms with Gasteiger partial charge in [-0.2, -0.15) is 0 Å². The summed E-state index contributed by atoms with van der Waals surface area (Å²) < 4.78 is 10.4. The number of nitrogens with zero attached hydrogens (tertiary/aromatic N) is 1. The van der Waals surface area contributed by atoms with Gasteiger partial charge in [-0.15, -0.1) is 0 Å². The Labute approximate surface area is 195 Å². The van der Waals surface area contributed by atoms with E-state index in [2.05, 4.69) is 5.32 Å². The van der Waals surface area contributed by atoms with Gasteiger partial charge in [0.2, 0.25) is 5.91 Å².